The molecule has 18 heavy (non-hydrogen) atoms. The van der Waals surface area contributed by atoms with Gasteiger partial charge in [0.15, 0.2) is 0 Å². The molecular formula is C12H15F3N2O. The van der Waals surface area contributed by atoms with Crippen LogP contribution >= 0.6 is 0 Å². The maximum Gasteiger partial charge on any atom is 0.573 e. The van der Waals surface area contributed by atoms with Gasteiger partial charge in [-0.2, -0.15) is 0 Å². The topological polar surface area (TPSA) is 38.5 Å². The van der Waals surface area contributed by atoms with E-state index < -0.39 is 6.36 Å². The molecule has 0 bridgehead atoms. The lowest BCUT2D eigenvalue weighted by Gasteiger charge is -2.41. The van der Waals surface area contributed by atoms with E-state index in [0.29, 0.717) is 0 Å². The molecule has 0 saturated carbocycles. The Morgan fingerprint density at radius 2 is 1.83 bits per heavy atom. The number of benzene rings is 1. The first-order valence-corrected chi connectivity index (χ1v) is 5.70. The van der Waals surface area contributed by atoms with Crippen LogP contribution < -0.4 is 10.5 Å². The highest BCUT2D eigenvalue weighted by molar-refractivity contribution is 5.29. The van der Waals surface area contributed by atoms with Crippen LogP contribution in [-0.2, 0) is 0 Å². The lowest BCUT2D eigenvalue weighted by atomic mass is 10.0. The standard InChI is InChI=1S/C12H15F3N2O/c1-8(17-6-10(16)7-17)9-2-4-11(5-3-9)18-12(13,14)15/h2-5,8,10H,6-7,16H2,1H3. The first kappa shape index (κ1) is 13.2. The van der Waals surface area contributed by atoms with Crippen molar-refractivity contribution < 1.29 is 17.9 Å². The molecule has 1 aliphatic rings. The van der Waals surface area contributed by atoms with Crippen LogP contribution in [0, 0.1) is 0 Å². The highest BCUT2D eigenvalue weighted by atomic mass is 19.4. The summed E-state index contributed by atoms with van der Waals surface area (Å²) in [6, 6.07) is 6.33. The summed E-state index contributed by atoms with van der Waals surface area (Å²) in [4.78, 5) is 2.17. The Balaban J connectivity index is 1.99. The minimum Gasteiger partial charge on any atom is -0.406 e. The van der Waals surface area contributed by atoms with Gasteiger partial charge in [0, 0.05) is 25.2 Å². The highest BCUT2D eigenvalue weighted by Gasteiger charge is 2.31. The third-order valence-corrected chi connectivity index (χ3v) is 3.08. The second-order valence-electron chi connectivity index (χ2n) is 4.51. The Hall–Kier alpha value is -1.27. The number of likely N-dealkylation sites (tertiary alicyclic amines) is 1. The molecule has 1 fully saturated rings. The molecule has 0 aliphatic carbocycles. The molecule has 1 aliphatic heterocycles. The van der Waals surface area contributed by atoms with Crippen LogP contribution in [0.2, 0.25) is 0 Å². The number of nitrogens with two attached hydrogens (primary N) is 1. The van der Waals surface area contributed by atoms with Gasteiger partial charge in [-0.15, -0.1) is 13.2 Å². The van der Waals surface area contributed by atoms with Crippen molar-refractivity contribution in [3.63, 3.8) is 0 Å². The number of rotatable bonds is 3. The van der Waals surface area contributed by atoms with Crippen LogP contribution in [0.5, 0.6) is 5.75 Å². The van der Waals surface area contributed by atoms with E-state index in [2.05, 4.69) is 9.64 Å². The second-order valence-corrected chi connectivity index (χ2v) is 4.51. The summed E-state index contributed by atoms with van der Waals surface area (Å²) in [6.45, 7) is 3.65. The van der Waals surface area contributed by atoms with Crippen LogP contribution in [0.4, 0.5) is 13.2 Å². The van der Waals surface area contributed by atoms with E-state index in [4.69, 9.17) is 5.73 Å². The Bertz CT molecular complexity index is 399. The van der Waals surface area contributed by atoms with Gasteiger partial charge in [-0.05, 0) is 24.6 Å². The SMILES string of the molecule is CC(c1ccc(OC(F)(F)F)cc1)N1CC(N)C1. The summed E-state index contributed by atoms with van der Waals surface area (Å²) in [7, 11) is 0. The zero-order valence-corrected chi connectivity index (χ0v) is 9.95. The molecule has 1 heterocycles. The van der Waals surface area contributed by atoms with Gasteiger partial charge in [-0.1, -0.05) is 12.1 Å². The molecule has 6 heteroatoms. The molecule has 1 aromatic carbocycles. The van der Waals surface area contributed by atoms with E-state index in [9.17, 15) is 13.2 Å². The summed E-state index contributed by atoms with van der Waals surface area (Å²) in [6.07, 6.45) is -4.64. The van der Waals surface area contributed by atoms with E-state index in [-0.39, 0.29) is 17.8 Å². The van der Waals surface area contributed by atoms with Gasteiger partial charge in [-0.25, -0.2) is 0 Å². The Kier molecular flexibility index (Phi) is 3.49. The summed E-state index contributed by atoms with van der Waals surface area (Å²) in [5, 5.41) is 0. The van der Waals surface area contributed by atoms with Crippen LogP contribution in [-0.4, -0.2) is 30.4 Å². The number of hydrogen-bond acceptors (Lipinski definition) is 3. The number of alkyl halides is 3. The summed E-state index contributed by atoms with van der Waals surface area (Å²) in [5.41, 5.74) is 6.65. The zero-order chi connectivity index (χ0) is 13.3. The smallest absolute Gasteiger partial charge is 0.406 e. The summed E-state index contributed by atoms with van der Waals surface area (Å²) < 4.78 is 39.8. The lowest BCUT2D eigenvalue weighted by molar-refractivity contribution is -0.274. The van der Waals surface area contributed by atoms with Crippen molar-refractivity contribution in [1.82, 2.24) is 4.90 Å². The minimum absolute atomic E-state index is 0.157. The average Bonchev–Trinajstić information content (AvgIpc) is 2.23. The largest absolute Gasteiger partial charge is 0.573 e. The number of ether oxygens (including phenoxy) is 1. The normalized spacial score (nSPS) is 19.4. The zero-order valence-electron chi connectivity index (χ0n) is 9.95. The molecule has 1 unspecified atom stereocenters. The number of hydrogen-bond donors (Lipinski definition) is 1. The van der Waals surface area contributed by atoms with E-state index in [1.54, 1.807) is 12.1 Å². The molecule has 1 aromatic rings. The van der Waals surface area contributed by atoms with E-state index >= 15 is 0 Å². The van der Waals surface area contributed by atoms with Gasteiger partial charge in [0.1, 0.15) is 5.75 Å². The maximum atomic E-state index is 12.0. The van der Waals surface area contributed by atoms with Crippen LogP contribution in [0.1, 0.15) is 18.5 Å². The molecule has 0 radical (unpaired) electrons. The number of halogens is 3. The van der Waals surface area contributed by atoms with Crippen molar-refractivity contribution in [3.05, 3.63) is 29.8 Å². The fourth-order valence-corrected chi connectivity index (χ4v) is 2.02. The summed E-state index contributed by atoms with van der Waals surface area (Å²) >= 11 is 0. The molecule has 2 N–H and O–H groups in total. The molecule has 0 amide bonds. The monoisotopic (exact) mass is 260 g/mol. The highest BCUT2D eigenvalue weighted by Crippen LogP contribution is 2.28. The van der Waals surface area contributed by atoms with E-state index in [1.165, 1.54) is 12.1 Å². The Labute approximate surface area is 103 Å². The number of nitrogens with zero attached hydrogens (tertiary/aromatic N) is 1. The van der Waals surface area contributed by atoms with Crippen molar-refractivity contribution in [2.24, 2.45) is 5.73 Å². The fraction of sp³-hybridized carbons (Fsp3) is 0.500. The van der Waals surface area contributed by atoms with Crippen molar-refractivity contribution in [1.29, 1.82) is 0 Å². The van der Waals surface area contributed by atoms with Crippen molar-refractivity contribution >= 4 is 0 Å². The molecule has 3 nitrogen and oxygen atoms in total. The first-order chi connectivity index (χ1) is 8.35. The van der Waals surface area contributed by atoms with Gasteiger partial charge in [0.2, 0.25) is 0 Å². The molecule has 2 rings (SSSR count). The van der Waals surface area contributed by atoms with Gasteiger partial charge in [-0.3, -0.25) is 4.90 Å². The van der Waals surface area contributed by atoms with Gasteiger partial charge in [0.25, 0.3) is 0 Å². The second kappa shape index (κ2) is 4.78. The fourth-order valence-electron chi connectivity index (χ4n) is 2.02. The average molecular weight is 260 g/mol. The van der Waals surface area contributed by atoms with E-state index in [1.807, 2.05) is 6.92 Å². The predicted octanol–water partition coefficient (Wildman–Crippen LogP) is 2.29. The first-order valence-electron chi connectivity index (χ1n) is 5.70. The Morgan fingerprint density at radius 3 is 2.28 bits per heavy atom. The van der Waals surface area contributed by atoms with Gasteiger partial charge in [0.05, 0.1) is 0 Å². The molecule has 1 saturated heterocycles. The van der Waals surface area contributed by atoms with Crippen LogP contribution in [0.3, 0.4) is 0 Å². The van der Waals surface area contributed by atoms with Gasteiger partial charge < -0.3 is 10.5 Å². The lowest BCUT2D eigenvalue weighted by Crippen LogP contribution is -2.56. The maximum absolute atomic E-state index is 12.0. The predicted molar refractivity (Wildman–Crippen MR) is 61.1 cm³/mol. The minimum atomic E-state index is -4.64. The van der Waals surface area contributed by atoms with Crippen molar-refractivity contribution in [2.75, 3.05) is 13.1 Å². The third kappa shape index (κ3) is 3.14. The van der Waals surface area contributed by atoms with Crippen LogP contribution in [0.25, 0.3) is 0 Å². The van der Waals surface area contributed by atoms with Gasteiger partial charge >= 0.3 is 6.36 Å². The molecule has 0 spiro atoms. The van der Waals surface area contributed by atoms with Crippen molar-refractivity contribution in [3.8, 4) is 5.75 Å². The molecular weight excluding hydrogens is 245 g/mol. The van der Waals surface area contributed by atoms with Crippen molar-refractivity contribution in [2.45, 2.75) is 25.4 Å². The van der Waals surface area contributed by atoms with Crippen LogP contribution in [0.15, 0.2) is 24.3 Å². The quantitative estimate of drug-likeness (QED) is 0.906. The Morgan fingerprint density at radius 1 is 1.28 bits per heavy atom. The van der Waals surface area contributed by atoms with E-state index in [0.717, 1.165) is 18.7 Å². The third-order valence-electron chi connectivity index (χ3n) is 3.08. The molecule has 1 atom stereocenters. The molecule has 0 aromatic heterocycles. The molecule has 100 valence electrons. The summed E-state index contributed by atoms with van der Waals surface area (Å²) in [5.74, 6) is -0.196.